The average molecular weight is 271 g/mol. The highest BCUT2D eigenvalue weighted by Crippen LogP contribution is 2.19. The monoisotopic (exact) mass is 270 g/mol. The van der Waals surface area contributed by atoms with Gasteiger partial charge in [-0.05, 0) is 19.3 Å². The van der Waals surface area contributed by atoms with E-state index in [0.717, 1.165) is 25.7 Å². The van der Waals surface area contributed by atoms with Gasteiger partial charge in [0.15, 0.2) is 0 Å². The first kappa shape index (κ1) is 16.5. The van der Waals surface area contributed by atoms with E-state index in [2.05, 4.69) is 5.32 Å². The highest BCUT2D eigenvalue weighted by Gasteiger charge is 2.25. The summed E-state index contributed by atoms with van der Waals surface area (Å²) >= 11 is 0. The third kappa shape index (κ3) is 4.76. The van der Waals surface area contributed by atoms with Gasteiger partial charge in [-0.25, -0.2) is 0 Å². The predicted molar refractivity (Wildman–Crippen MR) is 71.7 cm³/mol. The van der Waals surface area contributed by atoms with Gasteiger partial charge in [-0.15, -0.1) is 24.8 Å². The molecule has 1 aliphatic carbocycles. The van der Waals surface area contributed by atoms with Crippen molar-refractivity contribution in [3.05, 3.63) is 0 Å². The van der Waals surface area contributed by atoms with E-state index >= 15 is 0 Å². The van der Waals surface area contributed by atoms with Gasteiger partial charge in [0.2, 0.25) is 0 Å². The van der Waals surface area contributed by atoms with Crippen molar-refractivity contribution in [3.8, 4) is 0 Å². The van der Waals surface area contributed by atoms with Gasteiger partial charge < -0.3 is 15.8 Å². The summed E-state index contributed by atoms with van der Waals surface area (Å²) in [4.78, 5) is 0. The molecule has 0 bridgehead atoms. The zero-order valence-corrected chi connectivity index (χ0v) is 11.3. The molecular formula is C11H24Cl2N2O. The van der Waals surface area contributed by atoms with E-state index in [1.165, 1.54) is 32.1 Å². The predicted octanol–water partition coefficient (Wildman–Crippen LogP) is 1.87. The second-order valence-corrected chi connectivity index (χ2v) is 4.64. The topological polar surface area (TPSA) is 47.3 Å². The first-order valence-electron chi connectivity index (χ1n) is 5.95. The molecule has 5 heteroatoms. The molecule has 0 spiro atoms. The van der Waals surface area contributed by atoms with Crippen LogP contribution in [0.4, 0.5) is 0 Å². The summed E-state index contributed by atoms with van der Waals surface area (Å²) in [5, 5.41) is 3.70. The van der Waals surface area contributed by atoms with Crippen LogP contribution in [0, 0.1) is 0 Å². The third-order valence-electron chi connectivity index (χ3n) is 3.46. The summed E-state index contributed by atoms with van der Waals surface area (Å²) in [7, 11) is 0. The van der Waals surface area contributed by atoms with Crippen molar-refractivity contribution in [3.63, 3.8) is 0 Å². The molecule has 0 aromatic carbocycles. The molecule has 2 aliphatic rings. The Morgan fingerprint density at radius 2 is 1.69 bits per heavy atom. The second kappa shape index (κ2) is 8.54. The Morgan fingerprint density at radius 3 is 2.31 bits per heavy atom. The third-order valence-corrected chi connectivity index (χ3v) is 3.46. The highest BCUT2D eigenvalue weighted by molar-refractivity contribution is 5.85. The van der Waals surface area contributed by atoms with Gasteiger partial charge in [0.05, 0.1) is 6.61 Å². The van der Waals surface area contributed by atoms with Crippen LogP contribution in [0.15, 0.2) is 0 Å². The molecule has 3 N–H and O–H groups in total. The SMILES string of the molecule is Cl.Cl.NC1COCCC1NC1CCCCC1. The van der Waals surface area contributed by atoms with E-state index in [9.17, 15) is 0 Å². The quantitative estimate of drug-likeness (QED) is 0.806. The molecule has 1 heterocycles. The normalized spacial score (nSPS) is 31.3. The van der Waals surface area contributed by atoms with Crippen LogP contribution < -0.4 is 11.1 Å². The van der Waals surface area contributed by atoms with Gasteiger partial charge >= 0.3 is 0 Å². The largest absolute Gasteiger partial charge is 0.380 e. The standard InChI is InChI=1S/C11H22N2O.2ClH/c12-10-8-14-7-6-11(10)13-9-4-2-1-3-5-9;;/h9-11,13H,1-8,12H2;2*1H. The van der Waals surface area contributed by atoms with Gasteiger partial charge in [-0.2, -0.15) is 0 Å². The van der Waals surface area contributed by atoms with Crippen LogP contribution in [0.2, 0.25) is 0 Å². The molecular weight excluding hydrogens is 247 g/mol. The number of ether oxygens (including phenoxy) is 1. The van der Waals surface area contributed by atoms with E-state index in [0.29, 0.717) is 6.04 Å². The van der Waals surface area contributed by atoms with Crippen molar-refractivity contribution < 1.29 is 4.74 Å². The van der Waals surface area contributed by atoms with Crippen LogP contribution in [-0.4, -0.2) is 31.3 Å². The van der Waals surface area contributed by atoms with Crippen LogP contribution in [0.1, 0.15) is 38.5 Å². The molecule has 2 unspecified atom stereocenters. The lowest BCUT2D eigenvalue weighted by atomic mass is 9.93. The van der Waals surface area contributed by atoms with Crippen molar-refractivity contribution in [1.82, 2.24) is 5.32 Å². The molecule has 3 nitrogen and oxygen atoms in total. The van der Waals surface area contributed by atoms with E-state index in [-0.39, 0.29) is 30.9 Å². The Labute approximate surface area is 111 Å². The van der Waals surface area contributed by atoms with Crippen molar-refractivity contribution in [2.45, 2.75) is 56.7 Å². The number of rotatable bonds is 2. The Morgan fingerprint density at radius 1 is 1.00 bits per heavy atom. The van der Waals surface area contributed by atoms with Crippen LogP contribution in [-0.2, 0) is 4.74 Å². The van der Waals surface area contributed by atoms with Crippen molar-refractivity contribution in [1.29, 1.82) is 0 Å². The first-order chi connectivity index (χ1) is 6.86. The molecule has 0 radical (unpaired) electrons. The van der Waals surface area contributed by atoms with Crippen molar-refractivity contribution >= 4 is 24.8 Å². The average Bonchev–Trinajstić information content (AvgIpc) is 2.23. The number of nitrogens with two attached hydrogens (primary N) is 1. The van der Waals surface area contributed by atoms with Gasteiger partial charge in [-0.3, -0.25) is 0 Å². The number of nitrogens with one attached hydrogen (secondary N) is 1. The minimum absolute atomic E-state index is 0. The molecule has 0 aromatic heterocycles. The van der Waals surface area contributed by atoms with Crippen LogP contribution >= 0.6 is 24.8 Å². The van der Waals surface area contributed by atoms with Gasteiger partial charge in [0, 0.05) is 24.7 Å². The fourth-order valence-electron chi connectivity index (χ4n) is 2.54. The molecule has 16 heavy (non-hydrogen) atoms. The van der Waals surface area contributed by atoms with E-state index in [1.807, 2.05) is 0 Å². The molecule has 0 amide bonds. The van der Waals surface area contributed by atoms with Crippen molar-refractivity contribution in [2.24, 2.45) is 5.73 Å². The van der Waals surface area contributed by atoms with E-state index < -0.39 is 0 Å². The molecule has 98 valence electrons. The Bertz CT molecular complexity index is 177. The minimum Gasteiger partial charge on any atom is -0.380 e. The highest BCUT2D eigenvalue weighted by atomic mass is 35.5. The molecule has 1 saturated carbocycles. The fraction of sp³-hybridized carbons (Fsp3) is 1.00. The van der Waals surface area contributed by atoms with Gasteiger partial charge in [-0.1, -0.05) is 19.3 Å². The van der Waals surface area contributed by atoms with Crippen LogP contribution in [0.5, 0.6) is 0 Å². The summed E-state index contributed by atoms with van der Waals surface area (Å²) in [5.41, 5.74) is 6.01. The Balaban J connectivity index is 0.00000112. The lowest BCUT2D eigenvalue weighted by molar-refractivity contribution is 0.0571. The maximum atomic E-state index is 6.01. The molecule has 2 rings (SSSR count). The lowest BCUT2D eigenvalue weighted by Gasteiger charge is -2.34. The fourth-order valence-corrected chi connectivity index (χ4v) is 2.54. The molecule has 2 fully saturated rings. The molecule has 1 saturated heterocycles. The van der Waals surface area contributed by atoms with E-state index in [4.69, 9.17) is 10.5 Å². The molecule has 1 aliphatic heterocycles. The summed E-state index contributed by atoms with van der Waals surface area (Å²) in [6.45, 7) is 1.60. The summed E-state index contributed by atoms with van der Waals surface area (Å²) in [6, 6.07) is 1.41. The van der Waals surface area contributed by atoms with Gasteiger partial charge in [0.1, 0.15) is 0 Å². The number of halogens is 2. The molecule has 2 atom stereocenters. The maximum Gasteiger partial charge on any atom is 0.0632 e. The maximum absolute atomic E-state index is 6.01. The zero-order chi connectivity index (χ0) is 9.80. The number of hydrogen-bond donors (Lipinski definition) is 2. The Hall–Kier alpha value is 0.460. The second-order valence-electron chi connectivity index (χ2n) is 4.64. The zero-order valence-electron chi connectivity index (χ0n) is 9.69. The molecule has 0 aromatic rings. The summed E-state index contributed by atoms with van der Waals surface area (Å²) in [6.07, 6.45) is 7.94. The minimum atomic E-state index is 0. The lowest BCUT2D eigenvalue weighted by Crippen LogP contribution is -2.54. The smallest absolute Gasteiger partial charge is 0.0632 e. The van der Waals surface area contributed by atoms with E-state index in [1.54, 1.807) is 0 Å². The summed E-state index contributed by atoms with van der Waals surface area (Å²) in [5.74, 6) is 0. The van der Waals surface area contributed by atoms with Crippen LogP contribution in [0.25, 0.3) is 0 Å². The van der Waals surface area contributed by atoms with Gasteiger partial charge in [0.25, 0.3) is 0 Å². The van der Waals surface area contributed by atoms with Crippen LogP contribution in [0.3, 0.4) is 0 Å². The Kier molecular flexibility index (Phi) is 8.78. The van der Waals surface area contributed by atoms with Crippen molar-refractivity contribution in [2.75, 3.05) is 13.2 Å². The first-order valence-corrected chi connectivity index (χ1v) is 5.95. The number of hydrogen-bond acceptors (Lipinski definition) is 3. The summed E-state index contributed by atoms with van der Waals surface area (Å²) < 4.78 is 5.34.